The lowest BCUT2D eigenvalue weighted by molar-refractivity contribution is -0.140. The summed E-state index contributed by atoms with van der Waals surface area (Å²) in [6.07, 6.45) is 7.37. The third kappa shape index (κ3) is 2.05. The minimum atomic E-state index is -0.321. The van der Waals surface area contributed by atoms with Gasteiger partial charge in [-0.25, -0.2) is 0 Å². The average Bonchev–Trinajstić information content (AvgIpc) is 3.30. The molecule has 1 saturated carbocycles. The molecule has 0 radical (unpaired) electrons. The Kier molecular flexibility index (Phi) is 3.21. The van der Waals surface area contributed by atoms with Crippen LogP contribution in [0.4, 0.5) is 0 Å². The highest BCUT2D eigenvalue weighted by atomic mass is 35.5. The van der Waals surface area contributed by atoms with Crippen LogP contribution in [-0.4, -0.2) is 23.0 Å². The fourth-order valence-electron chi connectivity index (χ4n) is 4.33. The molecule has 2 heterocycles. The van der Waals surface area contributed by atoms with Gasteiger partial charge in [-0.1, -0.05) is 23.8 Å². The lowest BCUT2D eigenvalue weighted by atomic mass is 9.85. The van der Waals surface area contributed by atoms with Crippen LogP contribution in [0.3, 0.4) is 0 Å². The maximum Gasteiger partial charge on any atom is 0.254 e. The summed E-state index contributed by atoms with van der Waals surface area (Å²) in [5.74, 6) is -0.977. The van der Waals surface area contributed by atoms with Crippen molar-refractivity contribution in [1.29, 1.82) is 0 Å². The third-order valence-corrected chi connectivity index (χ3v) is 5.76. The zero-order valence-electron chi connectivity index (χ0n) is 13.5. The lowest BCUT2D eigenvalue weighted by Gasteiger charge is -2.13. The van der Waals surface area contributed by atoms with Crippen molar-refractivity contribution < 1.29 is 14.0 Å². The Bertz CT molecular complexity index is 1060. The number of carbonyl (C=O) groups excluding carboxylic acids is 2. The Morgan fingerprint density at radius 1 is 1.12 bits per heavy atom. The van der Waals surface area contributed by atoms with E-state index in [-0.39, 0.29) is 46.5 Å². The second kappa shape index (κ2) is 5.38. The summed E-state index contributed by atoms with van der Waals surface area (Å²) in [5.41, 5.74) is 0.235. The van der Waals surface area contributed by atoms with E-state index in [0.29, 0.717) is 16.0 Å². The molecule has 2 aliphatic carbocycles. The van der Waals surface area contributed by atoms with Crippen molar-refractivity contribution in [2.45, 2.75) is 6.42 Å². The lowest BCUT2D eigenvalue weighted by Crippen LogP contribution is -2.28. The SMILES string of the molecule is O=C1[C@@H]2[C@@H](C(=O)N1/N=C\c1coc3ccc(Cl)cc3c1=O)[C@H]1C=C[C@H]2C1. The fourth-order valence-corrected chi connectivity index (χ4v) is 4.50. The van der Waals surface area contributed by atoms with E-state index in [1.54, 1.807) is 12.1 Å². The van der Waals surface area contributed by atoms with E-state index in [2.05, 4.69) is 5.10 Å². The van der Waals surface area contributed by atoms with Gasteiger partial charge in [0.1, 0.15) is 11.8 Å². The number of carbonyl (C=O) groups is 2. The van der Waals surface area contributed by atoms with Gasteiger partial charge in [-0.15, -0.1) is 0 Å². The van der Waals surface area contributed by atoms with Gasteiger partial charge in [-0.2, -0.15) is 10.1 Å². The molecular formula is C19H13ClN2O4. The first-order valence-electron chi connectivity index (χ1n) is 8.36. The number of amides is 2. The van der Waals surface area contributed by atoms with Crippen molar-refractivity contribution in [3.05, 3.63) is 57.4 Å². The summed E-state index contributed by atoms with van der Waals surface area (Å²) >= 11 is 5.93. The number of hydrogen-bond donors (Lipinski definition) is 0. The second-order valence-corrected chi connectivity index (χ2v) is 7.33. The van der Waals surface area contributed by atoms with Gasteiger partial charge in [-0.05, 0) is 36.5 Å². The summed E-state index contributed by atoms with van der Waals surface area (Å²) in [6, 6.07) is 4.75. The molecule has 1 aromatic heterocycles. The highest BCUT2D eigenvalue weighted by molar-refractivity contribution is 6.31. The summed E-state index contributed by atoms with van der Waals surface area (Å²) in [7, 11) is 0. The van der Waals surface area contributed by atoms with Crippen LogP contribution in [0.25, 0.3) is 11.0 Å². The molecule has 0 unspecified atom stereocenters. The highest BCUT2D eigenvalue weighted by Crippen LogP contribution is 2.52. The number of hydrazone groups is 1. The smallest absolute Gasteiger partial charge is 0.254 e. The zero-order valence-corrected chi connectivity index (χ0v) is 14.2. The fraction of sp³-hybridized carbons (Fsp3) is 0.263. The molecule has 26 heavy (non-hydrogen) atoms. The molecule has 1 aliphatic heterocycles. The van der Waals surface area contributed by atoms with Crippen LogP contribution in [0.15, 0.2) is 50.9 Å². The molecule has 2 bridgehead atoms. The minimum Gasteiger partial charge on any atom is -0.463 e. The van der Waals surface area contributed by atoms with Crippen molar-refractivity contribution in [2.24, 2.45) is 28.8 Å². The Hall–Kier alpha value is -2.73. The summed E-state index contributed by atoms with van der Waals surface area (Å²) in [5, 5.41) is 5.65. The minimum absolute atomic E-state index is 0.120. The van der Waals surface area contributed by atoms with E-state index in [1.807, 2.05) is 12.2 Å². The molecule has 2 aromatic rings. The van der Waals surface area contributed by atoms with Crippen molar-refractivity contribution in [2.75, 3.05) is 0 Å². The number of nitrogens with zero attached hydrogens (tertiary/aromatic N) is 2. The van der Waals surface area contributed by atoms with Gasteiger partial charge in [0, 0.05) is 5.02 Å². The van der Waals surface area contributed by atoms with Crippen molar-refractivity contribution in [3.8, 4) is 0 Å². The summed E-state index contributed by atoms with van der Waals surface area (Å²) in [6.45, 7) is 0. The van der Waals surface area contributed by atoms with E-state index < -0.39 is 0 Å². The predicted octanol–water partition coefficient (Wildman–Crippen LogP) is 2.59. The maximum atomic E-state index is 12.6. The molecule has 3 aliphatic rings. The van der Waals surface area contributed by atoms with Crippen molar-refractivity contribution >= 4 is 40.6 Å². The molecule has 1 saturated heterocycles. The van der Waals surface area contributed by atoms with E-state index in [9.17, 15) is 14.4 Å². The van der Waals surface area contributed by atoms with E-state index >= 15 is 0 Å². The predicted molar refractivity (Wildman–Crippen MR) is 94.7 cm³/mol. The second-order valence-electron chi connectivity index (χ2n) is 6.89. The van der Waals surface area contributed by atoms with Gasteiger partial charge < -0.3 is 4.42 Å². The van der Waals surface area contributed by atoms with Crippen LogP contribution in [0.5, 0.6) is 0 Å². The van der Waals surface area contributed by atoms with Crippen molar-refractivity contribution in [1.82, 2.24) is 5.01 Å². The molecule has 6 nitrogen and oxygen atoms in total. The molecule has 0 spiro atoms. The topological polar surface area (TPSA) is 80.0 Å². The van der Waals surface area contributed by atoms with E-state index in [1.165, 1.54) is 18.5 Å². The van der Waals surface area contributed by atoms with E-state index in [4.69, 9.17) is 16.0 Å². The van der Waals surface area contributed by atoms with Crippen LogP contribution >= 0.6 is 11.6 Å². The molecule has 130 valence electrons. The van der Waals surface area contributed by atoms with Gasteiger partial charge in [0.2, 0.25) is 5.43 Å². The Labute approximate surface area is 152 Å². The molecule has 2 fully saturated rings. The molecule has 0 N–H and O–H groups in total. The van der Waals surface area contributed by atoms with Crippen LogP contribution in [0.2, 0.25) is 5.02 Å². The molecule has 4 atom stereocenters. The summed E-state index contributed by atoms with van der Waals surface area (Å²) in [4.78, 5) is 37.7. The molecule has 5 rings (SSSR count). The number of rotatable bonds is 2. The average molecular weight is 369 g/mol. The number of imide groups is 1. The number of hydrogen-bond acceptors (Lipinski definition) is 5. The Balaban J connectivity index is 1.49. The normalized spacial score (nSPS) is 29.5. The van der Waals surface area contributed by atoms with Crippen LogP contribution < -0.4 is 5.43 Å². The molecule has 7 heteroatoms. The number of fused-ring (bicyclic) bond motifs is 6. The van der Waals surface area contributed by atoms with Gasteiger partial charge in [-0.3, -0.25) is 14.4 Å². The molecule has 2 amide bonds. The van der Waals surface area contributed by atoms with Crippen molar-refractivity contribution in [3.63, 3.8) is 0 Å². The van der Waals surface area contributed by atoms with Gasteiger partial charge in [0.25, 0.3) is 11.8 Å². The van der Waals surface area contributed by atoms with Gasteiger partial charge in [0.15, 0.2) is 0 Å². The first kappa shape index (κ1) is 15.5. The Morgan fingerprint density at radius 3 is 2.50 bits per heavy atom. The highest BCUT2D eigenvalue weighted by Gasteiger charge is 2.59. The standard InChI is InChI=1S/C19H13ClN2O4/c20-12-3-4-14-13(6-12)17(23)11(8-26-14)7-21-22-18(24)15-9-1-2-10(5-9)16(15)19(22)25/h1-4,6-10,15-16H,5H2/b21-7-/t9-,10-,15-,16-/m0/s1. The first-order valence-corrected chi connectivity index (χ1v) is 8.73. The largest absolute Gasteiger partial charge is 0.463 e. The van der Waals surface area contributed by atoms with Crippen LogP contribution in [0, 0.1) is 23.7 Å². The first-order chi connectivity index (χ1) is 12.5. The van der Waals surface area contributed by atoms with Crippen LogP contribution in [-0.2, 0) is 9.59 Å². The van der Waals surface area contributed by atoms with Gasteiger partial charge in [0.05, 0.1) is 29.0 Å². The number of benzene rings is 1. The Morgan fingerprint density at radius 2 is 1.81 bits per heavy atom. The molecular weight excluding hydrogens is 356 g/mol. The van der Waals surface area contributed by atoms with E-state index in [0.717, 1.165) is 11.4 Å². The summed E-state index contributed by atoms with van der Waals surface area (Å²) < 4.78 is 5.42. The zero-order chi connectivity index (χ0) is 18.0. The number of halogens is 1. The third-order valence-electron chi connectivity index (χ3n) is 5.52. The van der Waals surface area contributed by atoms with Crippen LogP contribution in [0.1, 0.15) is 12.0 Å². The van der Waals surface area contributed by atoms with Gasteiger partial charge >= 0.3 is 0 Å². The maximum absolute atomic E-state index is 12.6. The quantitative estimate of drug-likeness (QED) is 0.463. The monoisotopic (exact) mass is 368 g/mol. The molecule has 1 aromatic carbocycles. The number of allylic oxidation sites excluding steroid dienone is 2.